The maximum Gasteiger partial charge on any atom is 0.261 e. The van der Waals surface area contributed by atoms with Gasteiger partial charge in [-0.15, -0.1) is 0 Å². The maximum atomic E-state index is 13.3. The third kappa shape index (κ3) is 2.83. The zero-order valence-corrected chi connectivity index (χ0v) is 13.8. The van der Waals surface area contributed by atoms with E-state index in [9.17, 15) is 14.3 Å². The molecule has 130 valence electrons. The minimum Gasteiger partial charge on any atom is -0.372 e. The van der Waals surface area contributed by atoms with Gasteiger partial charge in [-0.3, -0.25) is 4.79 Å². The number of fused-ring (bicyclic) bond motifs is 1. The molecule has 0 aromatic heterocycles. The van der Waals surface area contributed by atoms with Gasteiger partial charge in [-0.25, -0.2) is 4.39 Å². The fraction of sp³-hybridized carbons (Fsp3) is 0.350. The Labute approximate surface area is 146 Å². The molecule has 1 heterocycles. The molecule has 1 unspecified atom stereocenters. The molecule has 2 aromatic carbocycles. The molecule has 1 aliphatic carbocycles. The number of piperidine rings is 1. The average Bonchev–Trinajstić information content (AvgIpc) is 3.07. The van der Waals surface area contributed by atoms with Crippen molar-refractivity contribution < 1.29 is 14.3 Å². The standard InChI is InChI=1S/C20H21FN2O2/c21-15-8-6-14(7-9-15)20(25,13-4-2-1-3-5-13)19(24)23-12-18-16-10-22-11-17(16)18/h1-9,16-18,22,25H,10-12H2,(H,23,24)/t16-,17?,18+,20-/m0/s1. The summed E-state index contributed by atoms with van der Waals surface area (Å²) in [6.45, 7) is 2.57. The molecule has 0 spiro atoms. The Morgan fingerprint density at radius 2 is 1.68 bits per heavy atom. The van der Waals surface area contributed by atoms with Crippen LogP contribution in [0.2, 0.25) is 0 Å². The second kappa shape index (κ2) is 6.24. The van der Waals surface area contributed by atoms with Gasteiger partial charge in [0.15, 0.2) is 5.60 Å². The van der Waals surface area contributed by atoms with Crippen LogP contribution in [0.5, 0.6) is 0 Å². The number of amides is 1. The summed E-state index contributed by atoms with van der Waals surface area (Å²) in [6.07, 6.45) is 0. The van der Waals surface area contributed by atoms with E-state index >= 15 is 0 Å². The maximum absolute atomic E-state index is 13.3. The van der Waals surface area contributed by atoms with Crippen molar-refractivity contribution in [3.8, 4) is 0 Å². The zero-order valence-electron chi connectivity index (χ0n) is 13.8. The van der Waals surface area contributed by atoms with Gasteiger partial charge < -0.3 is 15.7 Å². The molecular formula is C20H21FN2O2. The van der Waals surface area contributed by atoms with E-state index in [0.717, 1.165) is 13.1 Å². The molecule has 0 bridgehead atoms. The topological polar surface area (TPSA) is 61.4 Å². The van der Waals surface area contributed by atoms with E-state index in [1.807, 2.05) is 6.07 Å². The Morgan fingerprint density at radius 1 is 1.08 bits per heavy atom. The molecule has 5 heteroatoms. The molecule has 0 radical (unpaired) electrons. The van der Waals surface area contributed by atoms with Crippen LogP contribution >= 0.6 is 0 Å². The highest BCUT2D eigenvalue weighted by Crippen LogP contribution is 2.48. The lowest BCUT2D eigenvalue weighted by molar-refractivity contribution is -0.136. The first-order valence-electron chi connectivity index (χ1n) is 8.63. The number of carbonyl (C=O) groups is 1. The predicted molar refractivity (Wildman–Crippen MR) is 92.2 cm³/mol. The second-order valence-electron chi connectivity index (χ2n) is 6.94. The molecule has 4 rings (SSSR count). The molecule has 4 nitrogen and oxygen atoms in total. The molecule has 4 atom stereocenters. The molecular weight excluding hydrogens is 319 g/mol. The molecule has 2 aromatic rings. The van der Waals surface area contributed by atoms with Crippen molar-refractivity contribution in [1.29, 1.82) is 0 Å². The first-order valence-corrected chi connectivity index (χ1v) is 8.63. The lowest BCUT2D eigenvalue weighted by atomic mass is 9.85. The number of hydrogen-bond donors (Lipinski definition) is 3. The van der Waals surface area contributed by atoms with Crippen molar-refractivity contribution in [3.63, 3.8) is 0 Å². The first kappa shape index (κ1) is 16.2. The largest absolute Gasteiger partial charge is 0.372 e. The smallest absolute Gasteiger partial charge is 0.261 e. The van der Waals surface area contributed by atoms with Crippen molar-refractivity contribution in [1.82, 2.24) is 10.6 Å². The van der Waals surface area contributed by atoms with Gasteiger partial charge in [-0.05, 0) is 54.1 Å². The zero-order chi connectivity index (χ0) is 17.4. The number of rotatable bonds is 5. The fourth-order valence-electron chi connectivity index (χ4n) is 3.99. The van der Waals surface area contributed by atoms with Crippen molar-refractivity contribution in [3.05, 3.63) is 71.5 Å². The number of carbonyl (C=O) groups excluding carboxylic acids is 1. The monoisotopic (exact) mass is 340 g/mol. The summed E-state index contributed by atoms with van der Waals surface area (Å²) in [6, 6.07) is 14.2. The number of aliphatic hydroxyl groups is 1. The Bertz CT molecular complexity index is 755. The Kier molecular flexibility index (Phi) is 4.06. The number of hydrogen-bond acceptors (Lipinski definition) is 3. The highest BCUT2D eigenvalue weighted by Gasteiger charge is 2.53. The molecule has 2 fully saturated rings. The quantitative estimate of drug-likeness (QED) is 0.776. The average molecular weight is 340 g/mol. The molecule has 1 saturated carbocycles. The van der Waals surface area contributed by atoms with Gasteiger partial charge in [0.25, 0.3) is 5.91 Å². The Hall–Kier alpha value is -2.24. The van der Waals surface area contributed by atoms with Gasteiger partial charge in [0, 0.05) is 6.54 Å². The van der Waals surface area contributed by atoms with Crippen LogP contribution in [0.1, 0.15) is 11.1 Å². The fourth-order valence-corrected chi connectivity index (χ4v) is 3.99. The molecule has 1 aliphatic heterocycles. The third-order valence-electron chi connectivity index (χ3n) is 5.55. The van der Waals surface area contributed by atoms with E-state index in [2.05, 4.69) is 10.6 Å². The van der Waals surface area contributed by atoms with Gasteiger partial charge in [0.2, 0.25) is 0 Å². The van der Waals surface area contributed by atoms with Crippen LogP contribution < -0.4 is 10.6 Å². The SMILES string of the molecule is O=C(NC[C@H]1C2CNC[C@@H]21)[C@](O)(c1ccccc1)c1ccc(F)cc1. The van der Waals surface area contributed by atoms with Gasteiger partial charge in [-0.1, -0.05) is 42.5 Å². The molecule has 1 amide bonds. The predicted octanol–water partition coefficient (Wildman–Crippen LogP) is 1.64. The summed E-state index contributed by atoms with van der Waals surface area (Å²) in [7, 11) is 0. The minimum absolute atomic E-state index is 0.357. The van der Waals surface area contributed by atoms with E-state index in [-0.39, 0.29) is 0 Å². The van der Waals surface area contributed by atoms with Crippen LogP contribution in [-0.2, 0) is 10.4 Å². The lowest BCUT2D eigenvalue weighted by Crippen LogP contribution is -2.46. The van der Waals surface area contributed by atoms with E-state index in [0.29, 0.717) is 35.4 Å². The van der Waals surface area contributed by atoms with Gasteiger partial charge in [0.1, 0.15) is 5.82 Å². The highest BCUT2D eigenvalue weighted by atomic mass is 19.1. The van der Waals surface area contributed by atoms with Crippen LogP contribution in [0.4, 0.5) is 4.39 Å². The van der Waals surface area contributed by atoms with Gasteiger partial charge in [0.05, 0.1) is 0 Å². The first-order chi connectivity index (χ1) is 12.1. The molecule has 1 saturated heterocycles. The Morgan fingerprint density at radius 3 is 2.32 bits per heavy atom. The van der Waals surface area contributed by atoms with Crippen LogP contribution in [0.25, 0.3) is 0 Å². The Balaban J connectivity index is 1.58. The van der Waals surface area contributed by atoms with Crippen LogP contribution in [0.15, 0.2) is 54.6 Å². The summed E-state index contributed by atoms with van der Waals surface area (Å²) in [5.41, 5.74) is -1.01. The van der Waals surface area contributed by atoms with E-state index in [1.165, 1.54) is 24.3 Å². The number of halogens is 1. The van der Waals surface area contributed by atoms with Gasteiger partial charge in [-0.2, -0.15) is 0 Å². The molecule has 25 heavy (non-hydrogen) atoms. The summed E-state index contributed by atoms with van der Waals surface area (Å²) >= 11 is 0. The minimum atomic E-state index is -1.84. The number of nitrogens with one attached hydrogen (secondary N) is 2. The molecule has 2 aliphatic rings. The lowest BCUT2D eigenvalue weighted by Gasteiger charge is -2.28. The van der Waals surface area contributed by atoms with Gasteiger partial charge >= 0.3 is 0 Å². The van der Waals surface area contributed by atoms with E-state index < -0.39 is 17.3 Å². The van der Waals surface area contributed by atoms with Crippen LogP contribution in [0, 0.1) is 23.6 Å². The summed E-state index contributed by atoms with van der Waals surface area (Å²) in [5, 5.41) is 17.5. The highest BCUT2D eigenvalue weighted by molar-refractivity contribution is 5.90. The normalized spacial score (nSPS) is 26.6. The van der Waals surface area contributed by atoms with Crippen LogP contribution in [-0.4, -0.2) is 30.6 Å². The summed E-state index contributed by atoms with van der Waals surface area (Å²) < 4.78 is 13.3. The van der Waals surface area contributed by atoms with E-state index in [4.69, 9.17) is 0 Å². The third-order valence-corrected chi connectivity index (χ3v) is 5.55. The van der Waals surface area contributed by atoms with Crippen molar-refractivity contribution >= 4 is 5.91 Å². The summed E-state index contributed by atoms with van der Waals surface area (Å²) in [4.78, 5) is 12.9. The summed E-state index contributed by atoms with van der Waals surface area (Å²) in [5.74, 6) is 0.881. The van der Waals surface area contributed by atoms with Crippen LogP contribution in [0.3, 0.4) is 0 Å². The second-order valence-corrected chi connectivity index (χ2v) is 6.94. The van der Waals surface area contributed by atoms with E-state index in [1.54, 1.807) is 24.3 Å². The van der Waals surface area contributed by atoms with Crippen molar-refractivity contribution in [2.75, 3.05) is 19.6 Å². The van der Waals surface area contributed by atoms with Crippen molar-refractivity contribution in [2.24, 2.45) is 17.8 Å². The number of benzene rings is 2. The molecule has 3 N–H and O–H groups in total. The van der Waals surface area contributed by atoms with Crippen molar-refractivity contribution in [2.45, 2.75) is 5.60 Å².